The summed E-state index contributed by atoms with van der Waals surface area (Å²) in [4.78, 5) is 23.8. The first-order valence-electron chi connectivity index (χ1n) is 6.71. The summed E-state index contributed by atoms with van der Waals surface area (Å²) in [5.74, 6) is -1.71. The van der Waals surface area contributed by atoms with Gasteiger partial charge in [0.05, 0.1) is 12.3 Å². The Morgan fingerprint density at radius 3 is 2.77 bits per heavy atom. The van der Waals surface area contributed by atoms with E-state index in [0.29, 0.717) is 0 Å². The van der Waals surface area contributed by atoms with E-state index in [9.17, 15) is 14.0 Å². The van der Waals surface area contributed by atoms with Crippen LogP contribution in [0.4, 0.5) is 10.1 Å². The highest BCUT2D eigenvalue weighted by Crippen LogP contribution is 2.17. The van der Waals surface area contributed by atoms with Crippen molar-refractivity contribution in [1.29, 1.82) is 0 Å². The number of carbonyl (C=O) groups excluding carboxylic acids is 2. The Balaban J connectivity index is 2.21. The zero-order chi connectivity index (χ0) is 16.3. The Morgan fingerprint density at radius 2 is 2.09 bits per heavy atom. The molecule has 0 bridgehead atoms. The molecule has 6 nitrogen and oxygen atoms in total. The van der Waals surface area contributed by atoms with Crippen LogP contribution in [-0.2, 0) is 11.8 Å². The number of esters is 1. The van der Waals surface area contributed by atoms with Gasteiger partial charge in [0.25, 0.3) is 5.91 Å². The number of hydrogen-bond donors (Lipinski definition) is 1. The second-order valence-corrected chi connectivity index (χ2v) is 4.70. The highest BCUT2D eigenvalue weighted by Gasteiger charge is 2.19. The van der Waals surface area contributed by atoms with Gasteiger partial charge < -0.3 is 10.1 Å². The number of carbonyl (C=O) groups is 2. The molecule has 0 saturated carbocycles. The maximum Gasteiger partial charge on any atom is 0.356 e. The van der Waals surface area contributed by atoms with Gasteiger partial charge in [-0.05, 0) is 31.5 Å². The lowest BCUT2D eigenvalue weighted by Gasteiger charge is -2.05. The van der Waals surface area contributed by atoms with Crippen molar-refractivity contribution in [2.24, 2.45) is 7.05 Å². The van der Waals surface area contributed by atoms with Crippen LogP contribution in [0.15, 0.2) is 24.3 Å². The lowest BCUT2D eigenvalue weighted by atomic mass is 10.2. The van der Waals surface area contributed by atoms with E-state index in [-0.39, 0.29) is 23.7 Å². The topological polar surface area (TPSA) is 73.2 Å². The van der Waals surface area contributed by atoms with Gasteiger partial charge in [-0.1, -0.05) is 6.07 Å². The molecule has 1 aromatic carbocycles. The van der Waals surface area contributed by atoms with Gasteiger partial charge >= 0.3 is 5.97 Å². The molecule has 1 amide bonds. The SMILES string of the molecule is CCOC(=O)c1cc(C(=O)Nc2cc(C)ccc2F)nn1C. The van der Waals surface area contributed by atoms with Crippen molar-refractivity contribution in [2.75, 3.05) is 11.9 Å². The number of aryl methyl sites for hydroxylation is 2. The van der Waals surface area contributed by atoms with Gasteiger partial charge in [-0.25, -0.2) is 9.18 Å². The molecule has 1 N–H and O–H groups in total. The third-order valence-electron chi connectivity index (χ3n) is 2.97. The number of halogens is 1. The highest BCUT2D eigenvalue weighted by molar-refractivity contribution is 6.04. The van der Waals surface area contributed by atoms with E-state index < -0.39 is 17.7 Å². The summed E-state index contributed by atoms with van der Waals surface area (Å²) in [6, 6.07) is 5.70. The summed E-state index contributed by atoms with van der Waals surface area (Å²) in [5, 5.41) is 6.38. The average Bonchev–Trinajstić information content (AvgIpc) is 2.85. The van der Waals surface area contributed by atoms with E-state index in [0.717, 1.165) is 5.56 Å². The number of hydrogen-bond acceptors (Lipinski definition) is 4. The molecule has 0 unspecified atom stereocenters. The predicted octanol–water partition coefficient (Wildman–Crippen LogP) is 2.30. The van der Waals surface area contributed by atoms with E-state index in [1.54, 1.807) is 19.9 Å². The number of ether oxygens (including phenoxy) is 1. The number of anilines is 1. The third-order valence-corrected chi connectivity index (χ3v) is 2.97. The van der Waals surface area contributed by atoms with Gasteiger partial charge in [0, 0.05) is 13.1 Å². The van der Waals surface area contributed by atoms with Crippen molar-refractivity contribution < 1.29 is 18.7 Å². The maximum atomic E-state index is 13.6. The first-order valence-corrected chi connectivity index (χ1v) is 6.71. The Hall–Kier alpha value is -2.70. The normalized spacial score (nSPS) is 10.4. The van der Waals surface area contributed by atoms with Crippen molar-refractivity contribution in [1.82, 2.24) is 9.78 Å². The average molecular weight is 305 g/mol. The number of aromatic nitrogens is 2. The molecule has 1 aromatic heterocycles. The number of amides is 1. The Kier molecular flexibility index (Phi) is 4.55. The molecule has 0 aliphatic heterocycles. The van der Waals surface area contributed by atoms with Crippen LogP contribution in [0.2, 0.25) is 0 Å². The van der Waals surface area contributed by atoms with Gasteiger partial charge in [-0.2, -0.15) is 5.10 Å². The van der Waals surface area contributed by atoms with Crippen LogP contribution in [0.1, 0.15) is 33.5 Å². The molecule has 0 atom stereocenters. The van der Waals surface area contributed by atoms with E-state index in [1.165, 1.54) is 29.9 Å². The van der Waals surface area contributed by atoms with Gasteiger partial charge in [0.1, 0.15) is 11.5 Å². The van der Waals surface area contributed by atoms with Crippen molar-refractivity contribution in [3.63, 3.8) is 0 Å². The molecule has 1 heterocycles. The second kappa shape index (κ2) is 6.38. The van der Waals surface area contributed by atoms with Gasteiger partial charge in [-0.3, -0.25) is 9.48 Å². The summed E-state index contributed by atoms with van der Waals surface area (Å²) in [7, 11) is 1.52. The zero-order valence-electron chi connectivity index (χ0n) is 12.5. The molecule has 116 valence electrons. The van der Waals surface area contributed by atoms with E-state index in [1.807, 2.05) is 0 Å². The lowest BCUT2D eigenvalue weighted by Crippen LogP contribution is -2.14. The quantitative estimate of drug-likeness (QED) is 0.880. The van der Waals surface area contributed by atoms with Crippen LogP contribution < -0.4 is 5.32 Å². The molecular formula is C15H16FN3O3. The van der Waals surface area contributed by atoms with Crippen LogP contribution in [0, 0.1) is 12.7 Å². The summed E-state index contributed by atoms with van der Waals surface area (Å²) in [5.41, 5.74) is 1.03. The fourth-order valence-corrected chi connectivity index (χ4v) is 1.90. The highest BCUT2D eigenvalue weighted by atomic mass is 19.1. The Labute approximate surface area is 126 Å². The van der Waals surface area contributed by atoms with E-state index in [2.05, 4.69) is 10.4 Å². The van der Waals surface area contributed by atoms with Gasteiger partial charge in [0.15, 0.2) is 5.69 Å². The van der Waals surface area contributed by atoms with Crippen molar-refractivity contribution in [3.05, 3.63) is 47.0 Å². The Morgan fingerprint density at radius 1 is 1.36 bits per heavy atom. The van der Waals surface area contributed by atoms with Crippen molar-refractivity contribution >= 4 is 17.6 Å². The summed E-state index contributed by atoms with van der Waals surface area (Å²) >= 11 is 0. The number of benzene rings is 1. The fraction of sp³-hybridized carbons (Fsp3) is 0.267. The van der Waals surface area contributed by atoms with Crippen LogP contribution in [0.3, 0.4) is 0 Å². The third kappa shape index (κ3) is 3.30. The summed E-state index contributed by atoms with van der Waals surface area (Å²) in [6.45, 7) is 3.69. The molecule has 0 radical (unpaired) electrons. The lowest BCUT2D eigenvalue weighted by molar-refractivity contribution is 0.0513. The minimum Gasteiger partial charge on any atom is -0.461 e. The molecule has 0 saturated heterocycles. The maximum absolute atomic E-state index is 13.6. The minimum atomic E-state index is -0.601. The van der Waals surface area contributed by atoms with Crippen LogP contribution in [-0.4, -0.2) is 28.3 Å². The molecule has 22 heavy (non-hydrogen) atoms. The fourth-order valence-electron chi connectivity index (χ4n) is 1.90. The molecule has 0 aliphatic rings. The molecule has 0 fully saturated rings. The van der Waals surface area contributed by atoms with E-state index in [4.69, 9.17) is 4.74 Å². The predicted molar refractivity (Wildman–Crippen MR) is 78.3 cm³/mol. The first kappa shape index (κ1) is 15.7. The number of nitrogens with one attached hydrogen (secondary N) is 1. The monoisotopic (exact) mass is 305 g/mol. The molecule has 7 heteroatoms. The molecule has 2 aromatic rings. The smallest absolute Gasteiger partial charge is 0.356 e. The van der Waals surface area contributed by atoms with Gasteiger partial charge in [0.2, 0.25) is 0 Å². The molecule has 2 rings (SSSR count). The van der Waals surface area contributed by atoms with Crippen molar-refractivity contribution in [3.8, 4) is 0 Å². The summed E-state index contributed by atoms with van der Waals surface area (Å²) in [6.07, 6.45) is 0. The molecule has 0 aliphatic carbocycles. The minimum absolute atomic E-state index is 0.00598. The second-order valence-electron chi connectivity index (χ2n) is 4.70. The van der Waals surface area contributed by atoms with Crippen LogP contribution in [0.25, 0.3) is 0 Å². The largest absolute Gasteiger partial charge is 0.461 e. The summed E-state index contributed by atoms with van der Waals surface area (Å²) < 4.78 is 19.8. The Bertz CT molecular complexity index is 725. The van der Waals surface area contributed by atoms with Gasteiger partial charge in [-0.15, -0.1) is 0 Å². The number of nitrogens with zero attached hydrogens (tertiary/aromatic N) is 2. The molecular weight excluding hydrogens is 289 g/mol. The van der Waals surface area contributed by atoms with E-state index >= 15 is 0 Å². The first-order chi connectivity index (χ1) is 10.4. The number of rotatable bonds is 4. The zero-order valence-corrected chi connectivity index (χ0v) is 12.5. The van der Waals surface area contributed by atoms with Crippen LogP contribution in [0.5, 0.6) is 0 Å². The van der Waals surface area contributed by atoms with Crippen molar-refractivity contribution in [2.45, 2.75) is 13.8 Å². The standard InChI is InChI=1S/C15H16FN3O3/c1-4-22-15(21)13-8-12(18-19(13)3)14(20)17-11-7-9(2)5-6-10(11)16/h5-8H,4H2,1-3H3,(H,17,20). The van der Waals surface area contributed by atoms with Crippen LogP contribution >= 0.6 is 0 Å². The molecule has 0 spiro atoms.